The Labute approximate surface area is 130 Å². The van der Waals surface area contributed by atoms with Crippen LogP contribution < -0.4 is 0 Å². The molecule has 5 heteroatoms. The van der Waals surface area contributed by atoms with E-state index in [-0.39, 0.29) is 12.5 Å². The molecule has 22 heavy (non-hydrogen) atoms. The Morgan fingerprint density at radius 1 is 1.32 bits per heavy atom. The fraction of sp³-hybridized carbons (Fsp3) is 0.529. The number of carboxylic acids is 1. The third-order valence-electron chi connectivity index (χ3n) is 4.16. The van der Waals surface area contributed by atoms with Crippen molar-refractivity contribution < 1.29 is 19.4 Å². The van der Waals surface area contributed by atoms with Crippen LogP contribution in [0, 0.1) is 5.92 Å². The third-order valence-corrected chi connectivity index (χ3v) is 4.16. The summed E-state index contributed by atoms with van der Waals surface area (Å²) in [4.78, 5) is 24.7. The third kappa shape index (κ3) is 4.56. The Balaban J connectivity index is 1.93. The first-order valence-electron chi connectivity index (χ1n) is 7.65. The molecule has 0 aliphatic heterocycles. The summed E-state index contributed by atoms with van der Waals surface area (Å²) in [5.74, 6) is -0.788. The van der Waals surface area contributed by atoms with Crippen LogP contribution >= 0.6 is 0 Å². The van der Waals surface area contributed by atoms with Crippen LogP contribution in [-0.2, 0) is 27.2 Å². The number of amides is 1. The first-order chi connectivity index (χ1) is 10.6. The second-order valence-electron chi connectivity index (χ2n) is 5.78. The smallest absolute Gasteiger partial charge is 0.323 e. The van der Waals surface area contributed by atoms with Crippen LogP contribution in [0.2, 0.25) is 0 Å². The minimum Gasteiger partial charge on any atom is -0.480 e. The number of nitrogens with zero attached hydrogens (tertiary/aromatic N) is 1. The summed E-state index contributed by atoms with van der Waals surface area (Å²) < 4.78 is 4.95. The van der Waals surface area contributed by atoms with Crippen molar-refractivity contribution in [3.05, 3.63) is 35.4 Å². The minimum absolute atomic E-state index is 0.0937. The van der Waals surface area contributed by atoms with Crippen molar-refractivity contribution in [3.8, 4) is 0 Å². The van der Waals surface area contributed by atoms with Gasteiger partial charge in [-0.05, 0) is 36.3 Å². The highest BCUT2D eigenvalue weighted by atomic mass is 16.5. The zero-order chi connectivity index (χ0) is 15.9. The van der Waals surface area contributed by atoms with Crippen molar-refractivity contribution in [1.82, 2.24) is 4.90 Å². The lowest BCUT2D eigenvalue weighted by Crippen LogP contribution is -2.39. The van der Waals surface area contributed by atoms with E-state index in [9.17, 15) is 9.59 Å². The van der Waals surface area contributed by atoms with Crippen molar-refractivity contribution in [2.45, 2.75) is 25.7 Å². The normalized spacial score (nSPS) is 16.9. The van der Waals surface area contributed by atoms with Crippen molar-refractivity contribution in [2.24, 2.45) is 5.92 Å². The molecule has 1 aromatic carbocycles. The predicted octanol–water partition coefficient (Wildman–Crippen LogP) is 1.74. The van der Waals surface area contributed by atoms with E-state index in [0.717, 1.165) is 19.3 Å². The number of ether oxygens (including phenoxy) is 1. The highest BCUT2D eigenvalue weighted by Crippen LogP contribution is 2.27. The standard InChI is InChI=1S/C17H23NO4/c1-22-9-8-18(12-17(20)21)16(19)11-13-6-7-14-4-2-3-5-15(14)10-13/h2-5,13H,6-12H2,1H3,(H,20,21). The summed E-state index contributed by atoms with van der Waals surface area (Å²) in [6.07, 6.45) is 3.28. The molecule has 120 valence electrons. The van der Waals surface area contributed by atoms with Crippen LogP contribution in [0.3, 0.4) is 0 Å². The topological polar surface area (TPSA) is 66.8 Å². The number of benzene rings is 1. The molecule has 5 nitrogen and oxygen atoms in total. The molecule has 1 aliphatic carbocycles. The monoisotopic (exact) mass is 305 g/mol. The molecule has 1 N–H and O–H groups in total. The van der Waals surface area contributed by atoms with Crippen molar-refractivity contribution >= 4 is 11.9 Å². The van der Waals surface area contributed by atoms with Crippen molar-refractivity contribution in [3.63, 3.8) is 0 Å². The maximum absolute atomic E-state index is 12.4. The first-order valence-corrected chi connectivity index (χ1v) is 7.65. The molecule has 1 atom stereocenters. The predicted molar refractivity (Wildman–Crippen MR) is 82.7 cm³/mol. The van der Waals surface area contributed by atoms with Crippen LogP contribution in [0.5, 0.6) is 0 Å². The number of carbonyl (C=O) groups is 2. The average Bonchev–Trinajstić information content (AvgIpc) is 2.51. The fourth-order valence-electron chi connectivity index (χ4n) is 2.98. The van der Waals surface area contributed by atoms with Crippen molar-refractivity contribution in [1.29, 1.82) is 0 Å². The van der Waals surface area contributed by atoms with E-state index in [2.05, 4.69) is 12.1 Å². The molecule has 0 saturated heterocycles. The summed E-state index contributed by atoms with van der Waals surface area (Å²) in [6, 6.07) is 8.33. The van der Waals surface area contributed by atoms with Gasteiger partial charge in [-0.1, -0.05) is 24.3 Å². The number of rotatable bonds is 7. The molecule has 0 radical (unpaired) electrons. The van der Waals surface area contributed by atoms with E-state index in [1.807, 2.05) is 12.1 Å². The summed E-state index contributed by atoms with van der Waals surface area (Å²) in [5.41, 5.74) is 2.68. The molecule has 0 bridgehead atoms. The molecule has 0 heterocycles. The van der Waals surface area contributed by atoms with Gasteiger partial charge in [0.2, 0.25) is 5.91 Å². The van der Waals surface area contributed by atoms with Gasteiger partial charge in [0.15, 0.2) is 0 Å². The lowest BCUT2D eigenvalue weighted by molar-refractivity contribution is -0.145. The molecule has 1 unspecified atom stereocenters. The van der Waals surface area contributed by atoms with Crippen LogP contribution in [0.15, 0.2) is 24.3 Å². The maximum Gasteiger partial charge on any atom is 0.323 e. The number of aryl methyl sites for hydroxylation is 1. The number of carboxylic acid groups (broad SMARTS) is 1. The van der Waals surface area contributed by atoms with E-state index < -0.39 is 5.97 Å². The Hall–Kier alpha value is -1.88. The van der Waals surface area contributed by atoms with Crippen LogP contribution in [0.25, 0.3) is 0 Å². The van der Waals surface area contributed by atoms with Gasteiger partial charge >= 0.3 is 5.97 Å². The Bertz CT molecular complexity index is 529. The summed E-state index contributed by atoms with van der Waals surface area (Å²) in [5, 5.41) is 8.93. The van der Waals surface area contributed by atoms with Gasteiger partial charge in [0, 0.05) is 20.1 Å². The Morgan fingerprint density at radius 2 is 2.05 bits per heavy atom. The number of carbonyl (C=O) groups excluding carboxylic acids is 1. The van der Waals surface area contributed by atoms with E-state index in [1.165, 1.54) is 16.0 Å². The molecule has 1 aliphatic rings. The quantitative estimate of drug-likeness (QED) is 0.833. The largest absolute Gasteiger partial charge is 0.480 e. The summed E-state index contributed by atoms with van der Waals surface area (Å²) in [7, 11) is 1.54. The minimum atomic E-state index is -0.988. The first kappa shape index (κ1) is 16.5. The summed E-state index contributed by atoms with van der Waals surface area (Å²) >= 11 is 0. The molecule has 2 rings (SSSR count). The van der Waals surface area contributed by atoms with Gasteiger partial charge in [0.25, 0.3) is 0 Å². The number of aliphatic carboxylic acids is 1. The van der Waals surface area contributed by atoms with Gasteiger partial charge < -0.3 is 14.7 Å². The van der Waals surface area contributed by atoms with Gasteiger partial charge in [-0.15, -0.1) is 0 Å². The lowest BCUT2D eigenvalue weighted by atomic mass is 9.82. The fourth-order valence-corrected chi connectivity index (χ4v) is 2.98. The van der Waals surface area contributed by atoms with E-state index in [1.54, 1.807) is 7.11 Å². The molecular formula is C17H23NO4. The second kappa shape index (κ2) is 7.94. The summed E-state index contributed by atoms with van der Waals surface area (Å²) in [6.45, 7) is 0.420. The average molecular weight is 305 g/mol. The number of hydrogen-bond donors (Lipinski definition) is 1. The Morgan fingerprint density at radius 3 is 2.73 bits per heavy atom. The van der Waals surface area contributed by atoms with Gasteiger partial charge in [0.05, 0.1) is 6.61 Å². The zero-order valence-corrected chi connectivity index (χ0v) is 13.0. The molecule has 1 amide bonds. The number of methoxy groups -OCH3 is 1. The molecule has 1 aromatic rings. The van der Waals surface area contributed by atoms with Gasteiger partial charge in [0.1, 0.15) is 6.54 Å². The molecule has 0 aromatic heterocycles. The molecule has 0 spiro atoms. The SMILES string of the molecule is COCCN(CC(=O)O)C(=O)CC1CCc2ccccc2C1. The van der Waals surface area contributed by atoms with Crippen LogP contribution in [0.1, 0.15) is 24.0 Å². The number of hydrogen-bond acceptors (Lipinski definition) is 3. The van der Waals surface area contributed by atoms with Crippen LogP contribution in [-0.4, -0.2) is 48.7 Å². The van der Waals surface area contributed by atoms with Gasteiger partial charge in [-0.3, -0.25) is 9.59 Å². The van der Waals surface area contributed by atoms with Crippen molar-refractivity contribution in [2.75, 3.05) is 26.8 Å². The Kier molecular flexibility index (Phi) is 5.95. The van der Waals surface area contributed by atoms with E-state index in [0.29, 0.717) is 25.5 Å². The molecule has 0 fully saturated rings. The second-order valence-corrected chi connectivity index (χ2v) is 5.78. The maximum atomic E-state index is 12.4. The molecular weight excluding hydrogens is 282 g/mol. The number of fused-ring (bicyclic) bond motifs is 1. The van der Waals surface area contributed by atoms with Gasteiger partial charge in [-0.2, -0.15) is 0 Å². The van der Waals surface area contributed by atoms with Gasteiger partial charge in [-0.25, -0.2) is 0 Å². The molecule has 0 saturated carbocycles. The lowest BCUT2D eigenvalue weighted by Gasteiger charge is -2.27. The highest BCUT2D eigenvalue weighted by Gasteiger charge is 2.24. The van der Waals surface area contributed by atoms with Crippen LogP contribution in [0.4, 0.5) is 0 Å². The van der Waals surface area contributed by atoms with E-state index in [4.69, 9.17) is 9.84 Å². The highest BCUT2D eigenvalue weighted by molar-refractivity contribution is 5.81. The van der Waals surface area contributed by atoms with E-state index >= 15 is 0 Å². The zero-order valence-electron chi connectivity index (χ0n) is 13.0.